The number of rotatable bonds is 5. The van der Waals surface area contributed by atoms with E-state index >= 15 is 0 Å². The van der Waals surface area contributed by atoms with Gasteiger partial charge in [-0.3, -0.25) is 4.79 Å². The van der Waals surface area contributed by atoms with E-state index in [0.29, 0.717) is 0 Å². The summed E-state index contributed by atoms with van der Waals surface area (Å²) in [7, 11) is 0. The van der Waals surface area contributed by atoms with E-state index in [1.165, 1.54) is 6.92 Å². The minimum Gasteiger partial charge on any atom is -0.388 e. The molecule has 0 spiro atoms. The van der Waals surface area contributed by atoms with Gasteiger partial charge >= 0.3 is 0 Å². The first kappa shape index (κ1) is 16.7. The average Bonchev–Trinajstić information content (AvgIpc) is 3.10. The molecule has 2 atom stereocenters. The van der Waals surface area contributed by atoms with Gasteiger partial charge in [0, 0.05) is 18.8 Å². The van der Waals surface area contributed by atoms with Crippen LogP contribution in [0.2, 0.25) is 0 Å². The van der Waals surface area contributed by atoms with E-state index in [0.717, 1.165) is 23.0 Å². The van der Waals surface area contributed by atoms with Crippen LogP contribution in [0.3, 0.4) is 0 Å². The lowest BCUT2D eigenvalue weighted by Crippen LogP contribution is -2.33. The molecule has 1 aliphatic rings. The predicted octanol–water partition coefficient (Wildman–Crippen LogP) is 3.37. The zero-order valence-electron chi connectivity index (χ0n) is 13.5. The fraction of sp³-hybridized carbons (Fsp3) is 0.143. The van der Waals surface area contributed by atoms with E-state index in [1.807, 2.05) is 79.9 Å². The van der Waals surface area contributed by atoms with Gasteiger partial charge in [-0.1, -0.05) is 60.7 Å². The van der Waals surface area contributed by atoms with Crippen molar-refractivity contribution >= 4 is 5.91 Å². The summed E-state index contributed by atoms with van der Waals surface area (Å²) in [6.07, 6.45) is 5.05. The summed E-state index contributed by atoms with van der Waals surface area (Å²) in [6.45, 7) is 1.51. The number of aliphatic hydroxyl groups is 1. The molecule has 121 valence electrons. The molecule has 1 aliphatic carbocycles. The van der Waals surface area contributed by atoms with Gasteiger partial charge in [0.15, 0.2) is 0 Å². The number of benzene rings is 2. The van der Waals surface area contributed by atoms with Crippen LogP contribution in [-0.2, 0) is 4.79 Å². The molecule has 0 aromatic heterocycles. The molecule has 1 amide bonds. The van der Waals surface area contributed by atoms with Crippen LogP contribution < -0.4 is 5.32 Å². The highest BCUT2D eigenvalue weighted by Gasteiger charge is 2.40. The van der Waals surface area contributed by atoms with Crippen LogP contribution in [0.15, 0.2) is 60.7 Å². The van der Waals surface area contributed by atoms with Gasteiger partial charge in [-0.2, -0.15) is 0 Å². The number of carbonyl (C=O) groups is 1. The molecule has 1 fully saturated rings. The second-order valence-electron chi connectivity index (χ2n) is 5.79. The Bertz CT molecular complexity index is 656. The van der Waals surface area contributed by atoms with Gasteiger partial charge in [0.25, 0.3) is 0 Å². The third-order valence-electron chi connectivity index (χ3n) is 4.09. The maximum atomic E-state index is 11.7. The van der Waals surface area contributed by atoms with Crippen molar-refractivity contribution in [2.45, 2.75) is 19.1 Å². The van der Waals surface area contributed by atoms with Gasteiger partial charge in [-0.15, -0.1) is 0 Å². The highest BCUT2D eigenvalue weighted by Crippen LogP contribution is 2.47. The van der Waals surface area contributed by atoms with E-state index in [9.17, 15) is 9.90 Å². The number of aliphatic hydroxyl groups excluding tert-OH is 1. The predicted molar refractivity (Wildman–Crippen MR) is 93.8 cm³/mol. The summed E-state index contributed by atoms with van der Waals surface area (Å²) in [5.41, 5.74) is 1.82. The third-order valence-corrected chi connectivity index (χ3v) is 4.09. The second-order valence-corrected chi connectivity index (χ2v) is 5.79. The second kappa shape index (κ2) is 7.63. The molecule has 24 heavy (non-hydrogen) atoms. The first-order chi connectivity index (χ1) is 11.7. The van der Waals surface area contributed by atoms with Crippen LogP contribution in [0.4, 0.5) is 0 Å². The highest BCUT2D eigenvalue weighted by molar-refractivity contribution is 5.74. The summed E-state index contributed by atoms with van der Waals surface area (Å²) in [5, 5.41) is 13.8. The Labute approximate surface area is 143 Å². The third kappa shape index (κ3) is 3.68. The quantitative estimate of drug-likeness (QED) is 0.888. The van der Waals surface area contributed by atoms with Gasteiger partial charge in [0.05, 0.1) is 12.1 Å². The minimum absolute atomic E-state index is 0.106. The molecule has 2 N–H and O–H groups in total. The summed E-state index contributed by atoms with van der Waals surface area (Å²) in [5.74, 6) is 1.61. The summed E-state index contributed by atoms with van der Waals surface area (Å²) in [6, 6.07) is 19.0. The monoisotopic (exact) mass is 318 g/mol. The summed E-state index contributed by atoms with van der Waals surface area (Å²) >= 11 is 0. The molecular weight excluding hydrogens is 298 g/mol. The summed E-state index contributed by atoms with van der Waals surface area (Å²) < 4.78 is 0. The molecule has 3 nitrogen and oxygen atoms in total. The molecular formula is C21H20NO2. The van der Waals surface area contributed by atoms with Crippen molar-refractivity contribution in [3.05, 3.63) is 103 Å². The topological polar surface area (TPSA) is 49.3 Å². The molecule has 3 rings (SSSR count). The molecule has 0 unspecified atom stereocenters. The zero-order chi connectivity index (χ0) is 16.9. The van der Waals surface area contributed by atoms with E-state index in [1.54, 1.807) is 0 Å². The fourth-order valence-electron chi connectivity index (χ4n) is 2.96. The number of hydrogen-bond donors (Lipinski definition) is 2. The maximum Gasteiger partial charge on any atom is 0.217 e. The van der Waals surface area contributed by atoms with Gasteiger partial charge in [-0.05, 0) is 30.4 Å². The van der Waals surface area contributed by atoms with Crippen molar-refractivity contribution in [3.8, 4) is 0 Å². The van der Waals surface area contributed by atoms with E-state index in [-0.39, 0.29) is 11.9 Å². The van der Waals surface area contributed by atoms with Crippen molar-refractivity contribution in [1.29, 1.82) is 0 Å². The molecule has 3 heteroatoms. The van der Waals surface area contributed by atoms with E-state index in [2.05, 4.69) is 5.32 Å². The molecule has 1 saturated carbocycles. The lowest BCUT2D eigenvalue weighted by atomic mass is 9.80. The largest absolute Gasteiger partial charge is 0.388 e. The SMILES string of the molecule is CC(=O)N[C@H]([C]1[CH][CH][CH][C]1[C@@H](O)c1ccccc1)c1ccccc1. The van der Waals surface area contributed by atoms with Crippen molar-refractivity contribution in [2.75, 3.05) is 0 Å². The Morgan fingerprint density at radius 3 is 2.00 bits per heavy atom. The molecule has 0 aliphatic heterocycles. The van der Waals surface area contributed by atoms with E-state index in [4.69, 9.17) is 0 Å². The molecule has 2 aromatic carbocycles. The number of amides is 1. The molecule has 0 bridgehead atoms. The highest BCUT2D eigenvalue weighted by atomic mass is 16.3. The first-order valence-corrected chi connectivity index (χ1v) is 7.97. The van der Waals surface area contributed by atoms with Crippen molar-refractivity contribution in [3.63, 3.8) is 0 Å². The molecule has 0 saturated heterocycles. The van der Waals surface area contributed by atoms with Crippen LogP contribution in [-0.4, -0.2) is 11.0 Å². The van der Waals surface area contributed by atoms with Gasteiger partial charge in [0.1, 0.15) is 0 Å². The Balaban J connectivity index is 1.87. The van der Waals surface area contributed by atoms with Crippen molar-refractivity contribution < 1.29 is 9.90 Å². The zero-order valence-corrected chi connectivity index (χ0v) is 13.5. The van der Waals surface area contributed by atoms with Gasteiger partial charge in [0.2, 0.25) is 5.91 Å². The van der Waals surface area contributed by atoms with Gasteiger partial charge < -0.3 is 10.4 Å². The summed E-state index contributed by atoms with van der Waals surface area (Å²) in [4.78, 5) is 11.7. The van der Waals surface area contributed by atoms with Crippen LogP contribution in [0.25, 0.3) is 0 Å². The molecule has 5 radical (unpaired) electrons. The first-order valence-electron chi connectivity index (χ1n) is 7.97. The van der Waals surface area contributed by atoms with Crippen LogP contribution in [0, 0.1) is 31.1 Å². The lowest BCUT2D eigenvalue weighted by molar-refractivity contribution is -0.119. The van der Waals surface area contributed by atoms with Crippen molar-refractivity contribution in [2.24, 2.45) is 0 Å². The lowest BCUT2D eigenvalue weighted by Gasteiger charge is -2.31. The van der Waals surface area contributed by atoms with Crippen LogP contribution in [0.5, 0.6) is 0 Å². The number of carbonyl (C=O) groups excluding carboxylic acids is 1. The maximum absolute atomic E-state index is 11.7. The van der Waals surface area contributed by atoms with Gasteiger partial charge in [-0.25, -0.2) is 0 Å². The smallest absolute Gasteiger partial charge is 0.217 e. The Hall–Kier alpha value is -2.13. The van der Waals surface area contributed by atoms with Crippen LogP contribution >= 0.6 is 0 Å². The Kier molecular flexibility index (Phi) is 5.31. The normalized spacial score (nSPS) is 18.2. The fourth-order valence-corrected chi connectivity index (χ4v) is 2.96. The minimum atomic E-state index is -0.726. The number of nitrogens with one attached hydrogen (secondary N) is 1. The van der Waals surface area contributed by atoms with Crippen molar-refractivity contribution in [1.82, 2.24) is 5.32 Å². The van der Waals surface area contributed by atoms with E-state index < -0.39 is 6.10 Å². The Morgan fingerprint density at radius 2 is 1.42 bits per heavy atom. The molecule has 2 aromatic rings. The standard InChI is InChI=1S/C21H20NO2/c1-15(23)22-20(16-9-4-2-5-10-16)18-13-8-14-19(18)21(24)17-11-6-3-7-12-17/h2-14,20-21,24H,1H3,(H,22,23)/t20-,21-/m0/s1. The van der Waals surface area contributed by atoms with Crippen LogP contribution in [0.1, 0.15) is 30.2 Å². The molecule has 0 heterocycles. The average molecular weight is 318 g/mol. The Morgan fingerprint density at radius 1 is 0.875 bits per heavy atom. The number of hydrogen-bond acceptors (Lipinski definition) is 2.